The molecule has 5 aromatic rings. The number of benzene rings is 4. The van der Waals surface area contributed by atoms with Crippen molar-refractivity contribution in [2.75, 3.05) is 11.9 Å². The summed E-state index contributed by atoms with van der Waals surface area (Å²) in [5.74, 6) is 0.441. The van der Waals surface area contributed by atoms with E-state index in [0.717, 1.165) is 16.3 Å². The SMILES string of the molecule is Cc1cc(OCC(=O)Nc2ccc3oc(-c4cccc5c(Cl)cccc45)nc3c2)ccc1[N+](=O)[O-]. The molecule has 1 N–H and O–H groups in total. The highest BCUT2D eigenvalue weighted by Crippen LogP contribution is 2.34. The third-order valence-corrected chi connectivity index (χ3v) is 5.84. The molecular weight excluding hydrogens is 470 g/mol. The maximum absolute atomic E-state index is 12.4. The molecule has 0 unspecified atom stereocenters. The Labute approximate surface area is 204 Å². The minimum atomic E-state index is -0.466. The molecular formula is C26H18ClN3O5. The van der Waals surface area contributed by atoms with Crippen molar-refractivity contribution in [1.29, 1.82) is 0 Å². The average Bonchev–Trinajstić information content (AvgIpc) is 3.26. The number of nitro benzene ring substituents is 1. The Balaban J connectivity index is 1.32. The summed E-state index contributed by atoms with van der Waals surface area (Å²) in [6, 6.07) is 20.9. The molecule has 8 nitrogen and oxygen atoms in total. The van der Waals surface area contributed by atoms with Gasteiger partial charge >= 0.3 is 0 Å². The van der Waals surface area contributed by atoms with E-state index >= 15 is 0 Å². The first kappa shape index (κ1) is 22.4. The van der Waals surface area contributed by atoms with Crippen LogP contribution >= 0.6 is 11.6 Å². The number of hydrogen-bond donors (Lipinski definition) is 1. The first-order chi connectivity index (χ1) is 16.9. The first-order valence-corrected chi connectivity index (χ1v) is 11.0. The van der Waals surface area contributed by atoms with Crippen molar-refractivity contribution in [2.24, 2.45) is 0 Å². The number of aromatic nitrogens is 1. The second kappa shape index (κ2) is 9.08. The van der Waals surface area contributed by atoms with E-state index in [1.165, 1.54) is 18.2 Å². The van der Waals surface area contributed by atoms with Gasteiger partial charge in [0.2, 0.25) is 5.89 Å². The van der Waals surface area contributed by atoms with Crippen LogP contribution < -0.4 is 10.1 Å². The van der Waals surface area contributed by atoms with E-state index in [0.29, 0.717) is 39.0 Å². The molecule has 5 rings (SSSR count). The fourth-order valence-corrected chi connectivity index (χ4v) is 4.08. The minimum absolute atomic E-state index is 0.00585. The van der Waals surface area contributed by atoms with Gasteiger partial charge in [-0.25, -0.2) is 4.98 Å². The van der Waals surface area contributed by atoms with E-state index in [2.05, 4.69) is 10.3 Å². The largest absolute Gasteiger partial charge is 0.484 e. The molecule has 0 atom stereocenters. The van der Waals surface area contributed by atoms with Crippen LogP contribution in [0.3, 0.4) is 0 Å². The van der Waals surface area contributed by atoms with E-state index in [4.69, 9.17) is 20.8 Å². The highest BCUT2D eigenvalue weighted by molar-refractivity contribution is 6.35. The topological polar surface area (TPSA) is 108 Å². The lowest BCUT2D eigenvalue weighted by atomic mass is 10.0. The second-order valence-corrected chi connectivity index (χ2v) is 8.29. The van der Waals surface area contributed by atoms with Crippen LogP contribution in [-0.2, 0) is 4.79 Å². The lowest BCUT2D eigenvalue weighted by Crippen LogP contribution is -2.20. The van der Waals surface area contributed by atoms with Gasteiger partial charge in [0.1, 0.15) is 11.3 Å². The van der Waals surface area contributed by atoms with Gasteiger partial charge in [-0.3, -0.25) is 14.9 Å². The van der Waals surface area contributed by atoms with Gasteiger partial charge in [0.25, 0.3) is 11.6 Å². The second-order valence-electron chi connectivity index (χ2n) is 7.88. The quantitative estimate of drug-likeness (QED) is 0.215. The number of ether oxygens (including phenoxy) is 1. The number of fused-ring (bicyclic) bond motifs is 2. The van der Waals surface area contributed by atoms with Gasteiger partial charge in [-0.15, -0.1) is 0 Å². The summed E-state index contributed by atoms with van der Waals surface area (Å²) in [7, 11) is 0. The normalized spacial score (nSPS) is 11.0. The number of carbonyl (C=O) groups excluding carboxylic acids is 1. The number of halogens is 1. The number of anilines is 1. The molecule has 0 spiro atoms. The molecule has 0 radical (unpaired) electrons. The molecule has 1 amide bonds. The van der Waals surface area contributed by atoms with Crippen molar-refractivity contribution >= 4 is 50.8 Å². The standard InChI is InChI=1S/C26H18ClN3O5/c1-15-12-17(9-10-23(15)30(32)33)34-14-25(31)28-16-8-11-24-22(13-16)29-26(35-24)20-6-2-5-19-18(20)4-3-7-21(19)27/h2-13H,14H2,1H3,(H,28,31). The Kier molecular flexibility index (Phi) is 5.80. The molecule has 174 valence electrons. The number of oxazole rings is 1. The molecule has 0 bridgehead atoms. The molecule has 0 saturated carbocycles. The summed E-state index contributed by atoms with van der Waals surface area (Å²) in [5, 5.41) is 16.2. The number of nitrogens with zero attached hydrogens (tertiary/aromatic N) is 2. The summed E-state index contributed by atoms with van der Waals surface area (Å²) >= 11 is 6.33. The van der Waals surface area contributed by atoms with E-state index < -0.39 is 4.92 Å². The molecule has 0 saturated heterocycles. The van der Waals surface area contributed by atoms with Crippen LogP contribution in [0.5, 0.6) is 5.75 Å². The Bertz CT molecular complexity index is 1610. The zero-order valence-corrected chi connectivity index (χ0v) is 19.2. The van der Waals surface area contributed by atoms with Crippen LogP contribution in [0.2, 0.25) is 5.02 Å². The van der Waals surface area contributed by atoms with Gasteiger partial charge < -0.3 is 14.5 Å². The van der Waals surface area contributed by atoms with Crippen LogP contribution in [0.25, 0.3) is 33.3 Å². The summed E-state index contributed by atoms with van der Waals surface area (Å²) in [4.78, 5) is 27.5. The number of carbonyl (C=O) groups is 1. The zero-order valence-electron chi connectivity index (χ0n) is 18.4. The Morgan fingerprint density at radius 3 is 2.69 bits per heavy atom. The molecule has 0 fully saturated rings. The molecule has 4 aromatic carbocycles. The Morgan fingerprint density at radius 1 is 1.09 bits per heavy atom. The zero-order chi connectivity index (χ0) is 24.5. The predicted octanol–water partition coefficient (Wildman–Crippen LogP) is 6.54. The van der Waals surface area contributed by atoms with Crippen LogP contribution in [0.1, 0.15) is 5.56 Å². The highest BCUT2D eigenvalue weighted by atomic mass is 35.5. The van der Waals surface area contributed by atoms with Crippen LogP contribution in [0.15, 0.2) is 77.2 Å². The average molecular weight is 488 g/mol. The molecule has 35 heavy (non-hydrogen) atoms. The van der Waals surface area contributed by atoms with E-state index in [1.54, 1.807) is 25.1 Å². The smallest absolute Gasteiger partial charge is 0.272 e. The Morgan fingerprint density at radius 2 is 1.89 bits per heavy atom. The summed E-state index contributed by atoms with van der Waals surface area (Å²) in [6.45, 7) is 1.36. The third kappa shape index (κ3) is 4.51. The van der Waals surface area contributed by atoms with E-state index in [9.17, 15) is 14.9 Å². The lowest BCUT2D eigenvalue weighted by Gasteiger charge is -2.08. The van der Waals surface area contributed by atoms with Crippen molar-refractivity contribution in [1.82, 2.24) is 4.98 Å². The van der Waals surface area contributed by atoms with Crippen LogP contribution in [-0.4, -0.2) is 22.4 Å². The molecule has 9 heteroatoms. The van der Waals surface area contributed by atoms with Gasteiger partial charge in [0, 0.05) is 33.3 Å². The van der Waals surface area contributed by atoms with E-state index in [1.807, 2.05) is 36.4 Å². The molecule has 0 aliphatic heterocycles. The van der Waals surface area contributed by atoms with Gasteiger partial charge in [0.05, 0.1) is 4.92 Å². The summed E-state index contributed by atoms with van der Waals surface area (Å²) < 4.78 is 11.4. The van der Waals surface area contributed by atoms with E-state index in [-0.39, 0.29) is 18.2 Å². The van der Waals surface area contributed by atoms with Crippen molar-refractivity contribution < 1.29 is 18.9 Å². The number of aryl methyl sites for hydroxylation is 1. The van der Waals surface area contributed by atoms with Crippen LogP contribution in [0.4, 0.5) is 11.4 Å². The van der Waals surface area contributed by atoms with Crippen molar-refractivity contribution in [3.8, 4) is 17.2 Å². The van der Waals surface area contributed by atoms with Crippen LogP contribution in [0, 0.1) is 17.0 Å². The maximum atomic E-state index is 12.4. The van der Waals surface area contributed by atoms with Crippen molar-refractivity contribution in [3.63, 3.8) is 0 Å². The predicted molar refractivity (Wildman–Crippen MR) is 134 cm³/mol. The monoisotopic (exact) mass is 487 g/mol. The fraction of sp³-hybridized carbons (Fsp3) is 0.0769. The van der Waals surface area contributed by atoms with Gasteiger partial charge in [-0.2, -0.15) is 0 Å². The summed E-state index contributed by atoms with van der Waals surface area (Å²) in [5.41, 5.74) is 2.96. The van der Waals surface area contributed by atoms with Gasteiger partial charge in [-0.05, 0) is 54.8 Å². The number of amides is 1. The maximum Gasteiger partial charge on any atom is 0.272 e. The lowest BCUT2D eigenvalue weighted by molar-refractivity contribution is -0.385. The summed E-state index contributed by atoms with van der Waals surface area (Å²) in [6.07, 6.45) is 0. The minimum Gasteiger partial charge on any atom is -0.484 e. The molecule has 1 aromatic heterocycles. The third-order valence-electron chi connectivity index (χ3n) is 5.51. The van der Waals surface area contributed by atoms with Gasteiger partial charge in [-0.1, -0.05) is 35.9 Å². The molecule has 0 aliphatic carbocycles. The number of rotatable bonds is 6. The number of nitro groups is 1. The number of nitrogens with one attached hydrogen (secondary N) is 1. The Hall–Kier alpha value is -4.43. The molecule has 0 aliphatic rings. The van der Waals surface area contributed by atoms with Gasteiger partial charge in [0.15, 0.2) is 12.2 Å². The fourth-order valence-electron chi connectivity index (χ4n) is 3.85. The highest BCUT2D eigenvalue weighted by Gasteiger charge is 2.14. The first-order valence-electron chi connectivity index (χ1n) is 10.6. The number of hydrogen-bond acceptors (Lipinski definition) is 6. The molecule has 1 heterocycles. The van der Waals surface area contributed by atoms with Crippen molar-refractivity contribution in [3.05, 3.63) is 93.5 Å². The van der Waals surface area contributed by atoms with Crippen molar-refractivity contribution in [2.45, 2.75) is 6.92 Å².